The minimum Gasteiger partial charge on any atom is -0.478 e. The van der Waals surface area contributed by atoms with Gasteiger partial charge in [0.05, 0.1) is 5.56 Å². The molecule has 4 heteroatoms. The van der Waals surface area contributed by atoms with Gasteiger partial charge in [0, 0.05) is 15.1 Å². The van der Waals surface area contributed by atoms with Crippen molar-refractivity contribution in [2.45, 2.75) is 30.4 Å². The van der Waals surface area contributed by atoms with E-state index >= 15 is 0 Å². The lowest BCUT2D eigenvalue weighted by Gasteiger charge is -2.08. The number of halogens is 1. The van der Waals surface area contributed by atoms with Crippen molar-refractivity contribution >= 4 is 33.7 Å². The van der Waals surface area contributed by atoms with Crippen molar-refractivity contribution in [3.63, 3.8) is 0 Å². The van der Waals surface area contributed by atoms with Gasteiger partial charge in [-0.15, -0.1) is 11.8 Å². The maximum atomic E-state index is 10.9. The summed E-state index contributed by atoms with van der Waals surface area (Å²) >= 11 is 5.19. The summed E-state index contributed by atoms with van der Waals surface area (Å²) in [6, 6.07) is 13.8. The molecule has 0 saturated carbocycles. The Balaban J connectivity index is 2.04. The normalized spacial score (nSPS) is 10.9. The second-order valence-corrected chi connectivity index (χ2v) is 7.03. The van der Waals surface area contributed by atoms with E-state index in [4.69, 9.17) is 5.11 Å². The minimum atomic E-state index is -0.904. The van der Waals surface area contributed by atoms with Gasteiger partial charge in [0.15, 0.2) is 0 Å². The number of aromatic carboxylic acids is 1. The van der Waals surface area contributed by atoms with Crippen LogP contribution in [-0.4, -0.2) is 11.1 Å². The maximum Gasteiger partial charge on any atom is 0.335 e. The van der Waals surface area contributed by atoms with Crippen LogP contribution >= 0.6 is 27.7 Å². The van der Waals surface area contributed by atoms with Gasteiger partial charge in [0.1, 0.15) is 0 Å². The van der Waals surface area contributed by atoms with E-state index in [0.29, 0.717) is 11.5 Å². The predicted molar refractivity (Wildman–Crippen MR) is 91.2 cm³/mol. The van der Waals surface area contributed by atoms with E-state index in [0.717, 1.165) is 15.8 Å². The Labute approximate surface area is 137 Å². The third-order valence-electron chi connectivity index (χ3n) is 3.24. The van der Waals surface area contributed by atoms with E-state index in [2.05, 4.69) is 54.0 Å². The number of rotatable bonds is 5. The molecule has 0 fully saturated rings. The maximum absolute atomic E-state index is 10.9. The third kappa shape index (κ3) is 4.35. The molecule has 2 aromatic carbocycles. The first-order valence-corrected chi connectivity index (χ1v) is 8.49. The number of hydrogen-bond acceptors (Lipinski definition) is 2. The predicted octanol–water partition coefficient (Wildman–Crippen LogP) is 5.56. The van der Waals surface area contributed by atoms with Gasteiger partial charge in [0.2, 0.25) is 0 Å². The second-order valence-electron chi connectivity index (χ2n) is 5.12. The molecule has 0 aliphatic rings. The highest BCUT2D eigenvalue weighted by Gasteiger charge is 2.07. The zero-order chi connectivity index (χ0) is 15.4. The molecule has 0 aromatic heterocycles. The summed E-state index contributed by atoms with van der Waals surface area (Å²) in [6.45, 7) is 4.37. The Bertz CT molecular complexity index is 636. The zero-order valence-electron chi connectivity index (χ0n) is 12.0. The van der Waals surface area contributed by atoms with Crippen LogP contribution in [0.3, 0.4) is 0 Å². The van der Waals surface area contributed by atoms with Crippen molar-refractivity contribution in [2.75, 3.05) is 0 Å². The standard InChI is InChI=1S/C17H17BrO2S/c1-11(2)12-5-7-15(8-6-12)21-10-14-4-3-13(17(19)20)9-16(14)18/h3-9,11H,10H2,1-2H3,(H,19,20). The van der Waals surface area contributed by atoms with E-state index < -0.39 is 5.97 Å². The van der Waals surface area contributed by atoms with Gasteiger partial charge < -0.3 is 5.11 Å². The van der Waals surface area contributed by atoms with E-state index in [-0.39, 0.29) is 0 Å². The number of hydrogen-bond donors (Lipinski definition) is 1. The van der Waals surface area contributed by atoms with Crippen LogP contribution in [0.4, 0.5) is 0 Å². The van der Waals surface area contributed by atoms with Crippen LogP contribution in [0.5, 0.6) is 0 Å². The van der Waals surface area contributed by atoms with Gasteiger partial charge in [-0.3, -0.25) is 0 Å². The first-order valence-electron chi connectivity index (χ1n) is 6.72. The van der Waals surface area contributed by atoms with Crippen LogP contribution in [0.2, 0.25) is 0 Å². The van der Waals surface area contributed by atoms with E-state index in [9.17, 15) is 4.79 Å². The monoisotopic (exact) mass is 364 g/mol. The van der Waals surface area contributed by atoms with Crippen LogP contribution in [0.15, 0.2) is 51.8 Å². The highest BCUT2D eigenvalue weighted by atomic mass is 79.9. The van der Waals surface area contributed by atoms with Crippen molar-refractivity contribution in [3.05, 3.63) is 63.6 Å². The van der Waals surface area contributed by atoms with Crippen molar-refractivity contribution < 1.29 is 9.90 Å². The molecule has 0 bridgehead atoms. The van der Waals surface area contributed by atoms with Crippen molar-refractivity contribution in [3.8, 4) is 0 Å². The van der Waals surface area contributed by atoms with Crippen molar-refractivity contribution in [1.29, 1.82) is 0 Å². The fourth-order valence-electron chi connectivity index (χ4n) is 1.91. The second kappa shape index (κ2) is 7.14. The van der Waals surface area contributed by atoms with Crippen molar-refractivity contribution in [2.24, 2.45) is 0 Å². The topological polar surface area (TPSA) is 37.3 Å². The smallest absolute Gasteiger partial charge is 0.335 e. The fourth-order valence-corrected chi connectivity index (χ4v) is 3.51. The summed E-state index contributed by atoms with van der Waals surface area (Å²) in [4.78, 5) is 12.1. The molecule has 0 spiro atoms. The Hall–Kier alpha value is -1.26. The van der Waals surface area contributed by atoms with E-state index in [1.807, 2.05) is 6.07 Å². The molecule has 0 atom stereocenters. The van der Waals surface area contributed by atoms with Crippen LogP contribution in [-0.2, 0) is 5.75 Å². The molecule has 2 rings (SSSR count). The molecule has 0 saturated heterocycles. The molecule has 1 N–H and O–H groups in total. The average Bonchev–Trinajstić information content (AvgIpc) is 2.46. The molecule has 0 heterocycles. The van der Waals surface area contributed by atoms with Crippen LogP contribution in [0.1, 0.15) is 41.3 Å². The van der Waals surface area contributed by atoms with Gasteiger partial charge in [-0.25, -0.2) is 4.79 Å². The van der Waals surface area contributed by atoms with Crippen LogP contribution in [0.25, 0.3) is 0 Å². The molecule has 2 nitrogen and oxygen atoms in total. The largest absolute Gasteiger partial charge is 0.478 e. The number of carbonyl (C=O) groups is 1. The molecule has 21 heavy (non-hydrogen) atoms. The Kier molecular flexibility index (Phi) is 5.48. The molecule has 0 aliphatic heterocycles. The lowest BCUT2D eigenvalue weighted by molar-refractivity contribution is 0.0697. The molecule has 0 amide bonds. The van der Waals surface area contributed by atoms with Gasteiger partial charge in [-0.2, -0.15) is 0 Å². The number of thioether (sulfide) groups is 1. The highest BCUT2D eigenvalue weighted by molar-refractivity contribution is 9.10. The number of carboxylic acid groups (broad SMARTS) is 1. The highest BCUT2D eigenvalue weighted by Crippen LogP contribution is 2.28. The average molecular weight is 365 g/mol. The van der Waals surface area contributed by atoms with Gasteiger partial charge >= 0.3 is 5.97 Å². The number of benzene rings is 2. The lowest BCUT2D eigenvalue weighted by Crippen LogP contribution is -1.96. The summed E-state index contributed by atoms with van der Waals surface area (Å²) in [5.74, 6) is 0.447. The molecule has 0 radical (unpaired) electrons. The summed E-state index contributed by atoms with van der Waals surface area (Å²) < 4.78 is 0.841. The quantitative estimate of drug-likeness (QED) is 0.705. The number of carboxylic acids is 1. The summed E-state index contributed by atoms with van der Waals surface area (Å²) in [6.07, 6.45) is 0. The summed E-state index contributed by atoms with van der Waals surface area (Å²) in [7, 11) is 0. The van der Waals surface area contributed by atoms with Gasteiger partial charge in [-0.05, 0) is 41.3 Å². The Morgan fingerprint density at radius 2 is 1.86 bits per heavy atom. The Morgan fingerprint density at radius 3 is 2.38 bits per heavy atom. The molecule has 0 aliphatic carbocycles. The molecular formula is C17H17BrO2S. The van der Waals surface area contributed by atoms with Gasteiger partial charge in [-0.1, -0.05) is 48.0 Å². The Morgan fingerprint density at radius 1 is 1.19 bits per heavy atom. The third-order valence-corrected chi connectivity index (χ3v) is 5.04. The van der Waals surface area contributed by atoms with Crippen LogP contribution < -0.4 is 0 Å². The van der Waals surface area contributed by atoms with Crippen molar-refractivity contribution in [1.82, 2.24) is 0 Å². The summed E-state index contributed by atoms with van der Waals surface area (Å²) in [5.41, 5.74) is 2.74. The van der Waals surface area contributed by atoms with Gasteiger partial charge in [0.25, 0.3) is 0 Å². The van der Waals surface area contributed by atoms with E-state index in [1.165, 1.54) is 10.5 Å². The fraction of sp³-hybridized carbons (Fsp3) is 0.235. The zero-order valence-corrected chi connectivity index (χ0v) is 14.4. The molecule has 0 unspecified atom stereocenters. The lowest BCUT2D eigenvalue weighted by atomic mass is 10.0. The van der Waals surface area contributed by atoms with Crippen LogP contribution in [0, 0.1) is 0 Å². The summed E-state index contributed by atoms with van der Waals surface area (Å²) in [5, 5.41) is 8.95. The molecule has 110 valence electrons. The minimum absolute atomic E-state index is 0.303. The first-order chi connectivity index (χ1) is 9.97. The molecular weight excluding hydrogens is 348 g/mol. The van der Waals surface area contributed by atoms with E-state index in [1.54, 1.807) is 23.9 Å². The molecule has 2 aromatic rings. The first kappa shape index (κ1) is 16.1. The SMILES string of the molecule is CC(C)c1ccc(SCc2ccc(C(=O)O)cc2Br)cc1.